The first-order valence-corrected chi connectivity index (χ1v) is 7.28. The molecule has 2 amide bonds. The average Bonchev–Trinajstić information content (AvgIpc) is 2.61. The topological polar surface area (TPSA) is 68.8 Å². The molecule has 2 rings (SSSR count). The quantitative estimate of drug-likeness (QED) is 0.837. The minimum Gasteiger partial charge on any atom is -0.493 e. The number of methoxy groups -OCH3 is 3. The van der Waals surface area contributed by atoms with Gasteiger partial charge in [0.25, 0.3) is 0 Å². The molecule has 0 spiro atoms. The van der Waals surface area contributed by atoms with Gasteiger partial charge in [-0.2, -0.15) is 0 Å². The summed E-state index contributed by atoms with van der Waals surface area (Å²) in [6.07, 6.45) is 0. The highest BCUT2D eigenvalue weighted by Crippen LogP contribution is 2.39. The van der Waals surface area contributed by atoms with Gasteiger partial charge in [-0.3, -0.25) is 0 Å². The second-order valence-corrected chi connectivity index (χ2v) is 4.93. The van der Waals surface area contributed by atoms with Gasteiger partial charge in [0, 0.05) is 18.2 Å². The van der Waals surface area contributed by atoms with Gasteiger partial charge in [0.05, 0.1) is 27.0 Å². The lowest BCUT2D eigenvalue weighted by Gasteiger charge is -2.16. The second kappa shape index (κ2) is 8.18. The van der Waals surface area contributed by atoms with E-state index in [1.807, 2.05) is 0 Å². The third-order valence-electron chi connectivity index (χ3n) is 3.40. The van der Waals surface area contributed by atoms with E-state index in [-0.39, 0.29) is 12.2 Å². The number of benzene rings is 2. The Morgan fingerprint density at radius 1 is 1.00 bits per heavy atom. The molecule has 0 aromatic heterocycles. The number of halogens is 2. The van der Waals surface area contributed by atoms with Crippen LogP contribution in [-0.4, -0.2) is 27.4 Å². The molecular weight excluding hydrogens is 334 g/mol. The number of ether oxygens (including phenoxy) is 3. The van der Waals surface area contributed by atoms with Crippen molar-refractivity contribution in [3.8, 4) is 17.2 Å². The van der Waals surface area contributed by atoms with Crippen LogP contribution in [0.15, 0.2) is 30.3 Å². The lowest BCUT2D eigenvalue weighted by atomic mass is 10.1. The summed E-state index contributed by atoms with van der Waals surface area (Å²) in [6, 6.07) is 5.61. The third kappa shape index (κ3) is 4.28. The molecule has 0 aliphatic heterocycles. The Labute approximate surface area is 143 Å². The molecule has 0 aliphatic rings. The fraction of sp³-hybridized carbons (Fsp3) is 0.235. The summed E-state index contributed by atoms with van der Waals surface area (Å²) in [4.78, 5) is 11.9. The van der Waals surface area contributed by atoms with Crippen LogP contribution in [0.3, 0.4) is 0 Å². The van der Waals surface area contributed by atoms with Gasteiger partial charge < -0.3 is 24.8 Å². The van der Waals surface area contributed by atoms with Crippen molar-refractivity contribution in [2.24, 2.45) is 0 Å². The second-order valence-electron chi connectivity index (χ2n) is 4.93. The number of hydrogen-bond acceptors (Lipinski definition) is 4. The van der Waals surface area contributed by atoms with Gasteiger partial charge >= 0.3 is 6.03 Å². The molecule has 134 valence electrons. The van der Waals surface area contributed by atoms with E-state index >= 15 is 0 Å². The molecule has 2 N–H and O–H groups in total. The summed E-state index contributed by atoms with van der Waals surface area (Å²) >= 11 is 0. The number of carbonyl (C=O) groups is 1. The van der Waals surface area contributed by atoms with Crippen LogP contribution in [-0.2, 0) is 6.54 Å². The van der Waals surface area contributed by atoms with Crippen molar-refractivity contribution >= 4 is 11.7 Å². The zero-order valence-corrected chi connectivity index (χ0v) is 14.0. The van der Waals surface area contributed by atoms with Gasteiger partial charge in [-0.05, 0) is 24.3 Å². The molecule has 0 saturated carbocycles. The first kappa shape index (κ1) is 18.3. The number of amides is 2. The van der Waals surface area contributed by atoms with Crippen LogP contribution < -0.4 is 24.8 Å². The maximum Gasteiger partial charge on any atom is 0.319 e. The van der Waals surface area contributed by atoms with Crippen LogP contribution in [0, 0.1) is 11.6 Å². The molecule has 0 fully saturated rings. The molecule has 0 radical (unpaired) electrons. The molecule has 6 nitrogen and oxygen atoms in total. The lowest BCUT2D eigenvalue weighted by molar-refractivity contribution is 0.251. The van der Waals surface area contributed by atoms with E-state index in [0.29, 0.717) is 28.9 Å². The van der Waals surface area contributed by atoms with Crippen molar-refractivity contribution in [3.63, 3.8) is 0 Å². The number of hydrogen-bond donors (Lipinski definition) is 2. The molecule has 8 heteroatoms. The summed E-state index contributed by atoms with van der Waals surface area (Å²) in [5.74, 6) is -0.289. The van der Waals surface area contributed by atoms with Gasteiger partial charge in [-0.15, -0.1) is 0 Å². The Morgan fingerprint density at radius 3 is 2.32 bits per heavy atom. The highest BCUT2D eigenvalue weighted by Gasteiger charge is 2.16. The molecular formula is C17H18F2N2O4. The highest BCUT2D eigenvalue weighted by atomic mass is 19.1. The average molecular weight is 352 g/mol. The number of urea groups is 1. The van der Waals surface area contributed by atoms with E-state index in [1.54, 1.807) is 12.1 Å². The van der Waals surface area contributed by atoms with E-state index in [9.17, 15) is 13.6 Å². The smallest absolute Gasteiger partial charge is 0.319 e. The standard InChI is InChI=1S/C17H18F2N2O4/c1-23-14-7-4-10(15(24-2)16(14)25-3)9-20-17(22)21-13-6-5-11(18)8-12(13)19/h4-8H,9H2,1-3H3,(H2,20,21,22). The summed E-state index contributed by atoms with van der Waals surface area (Å²) in [5, 5.41) is 4.87. The Bertz CT molecular complexity index is 769. The van der Waals surface area contributed by atoms with E-state index < -0.39 is 17.7 Å². The van der Waals surface area contributed by atoms with Crippen molar-refractivity contribution in [1.29, 1.82) is 0 Å². The predicted molar refractivity (Wildman–Crippen MR) is 88.3 cm³/mol. The van der Waals surface area contributed by atoms with Crippen LogP contribution in [0.1, 0.15) is 5.56 Å². The summed E-state index contributed by atoms with van der Waals surface area (Å²) in [7, 11) is 4.44. The zero-order chi connectivity index (χ0) is 18.4. The largest absolute Gasteiger partial charge is 0.493 e. The lowest BCUT2D eigenvalue weighted by Crippen LogP contribution is -2.28. The van der Waals surface area contributed by atoms with Crippen LogP contribution >= 0.6 is 0 Å². The molecule has 0 heterocycles. The van der Waals surface area contributed by atoms with Crippen molar-refractivity contribution < 1.29 is 27.8 Å². The van der Waals surface area contributed by atoms with Crippen molar-refractivity contribution in [3.05, 3.63) is 47.5 Å². The van der Waals surface area contributed by atoms with Gasteiger partial charge in [0.1, 0.15) is 11.6 Å². The SMILES string of the molecule is COc1ccc(CNC(=O)Nc2ccc(F)cc2F)c(OC)c1OC. The summed E-state index contributed by atoms with van der Waals surface area (Å²) < 4.78 is 42.2. The summed E-state index contributed by atoms with van der Waals surface area (Å²) in [6.45, 7) is 0.0954. The van der Waals surface area contributed by atoms with Crippen molar-refractivity contribution in [2.75, 3.05) is 26.6 Å². The van der Waals surface area contributed by atoms with Gasteiger partial charge in [0.2, 0.25) is 5.75 Å². The van der Waals surface area contributed by atoms with Crippen LogP contribution in [0.4, 0.5) is 19.3 Å². The van der Waals surface area contributed by atoms with Crippen LogP contribution in [0.5, 0.6) is 17.2 Å². The highest BCUT2D eigenvalue weighted by molar-refractivity contribution is 5.89. The molecule has 25 heavy (non-hydrogen) atoms. The normalized spacial score (nSPS) is 10.1. The predicted octanol–water partition coefficient (Wildman–Crippen LogP) is 3.31. The monoisotopic (exact) mass is 352 g/mol. The fourth-order valence-corrected chi connectivity index (χ4v) is 2.24. The van der Waals surface area contributed by atoms with Crippen LogP contribution in [0.2, 0.25) is 0 Å². The first-order chi connectivity index (χ1) is 12.0. The minimum atomic E-state index is -0.862. The fourth-order valence-electron chi connectivity index (χ4n) is 2.24. The first-order valence-electron chi connectivity index (χ1n) is 7.28. The molecule has 0 unspecified atom stereocenters. The molecule has 0 bridgehead atoms. The maximum absolute atomic E-state index is 13.5. The molecule has 2 aromatic rings. The molecule has 2 aromatic carbocycles. The van der Waals surface area contributed by atoms with E-state index in [2.05, 4.69) is 10.6 Å². The Kier molecular flexibility index (Phi) is 5.99. The van der Waals surface area contributed by atoms with Crippen molar-refractivity contribution in [2.45, 2.75) is 6.54 Å². The Hall–Kier alpha value is -3.03. The number of nitrogens with one attached hydrogen (secondary N) is 2. The van der Waals surface area contributed by atoms with E-state index in [1.165, 1.54) is 21.3 Å². The summed E-state index contributed by atoms with van der Waals surface area (Å²) in [5.41, 5.74) is 0.507. The Morgan fingerprint density at radius 2 is 1.72 bits per heavy atom. The van der Waals surface area contributed by atoms with E-state index in [4.69, 9.17) is 14.2 Å². The number of carbonyl (C=O) groups excluding carboxylic acids is 1. The molecule has 0 atom stereocenters. The third-order valence-corrected chi connectivity index (χ3v) is 3.40. The molecule has 0 aliphatic carbocycles. The number of rotatable bonds is 6. The maximum atomic E-state index is 13.5. The number of anilines is 1. The van der Waals surface area contributed by atoms with Crippen LogP contribution in [0.25, 0.3) is 0 Å². The van der Waals surface area contributed by atoms with Gasteiger partial charge in [0.15, 0.2) is 11.5 Å². The van der Waals surface area contributed by atoms with Crippen molar-refractivity contribution in [1.82, 2.24) is 5.32 Å². The van der Waals surface area contributed by atoms with E-state index in [0.717, 1.165) is 12.1 Å². The van der Waals surface area contributed by atoms with Gasteiger partial charge in [-0.1, -0.05) is 0 Å². The Balaban J connectivity index is 2.09. The minimum absolute atomic E-state index is 0.0954. The van der Waals surface area contributed by atoms with Gasteiger partial charge in [-0.25, -0.2) is 13.6 Å². The zero-order valence-electron chi connectivity index (χ0n) is 14.0. The molecule has 0 saturated heterocycles.